The first-order chi connectivity index (χ1) is 11.4. The topological polar surface area (TPSA) is 54.9 Å². The maximum Gasteiger partial charge on any atom is 0.387 e. The Kier molecular flexibility index (Phi) is 8.29. The highest BCUT2D eigenvalue weighted by molar-refractivity contribution is 5.80. The van der Waals surface area contributed by atoms with Crippen molar-refractivity contribution in [2.24, 2.45) is 10.9 Å². The molecule has 0 radical (unpaired) electrons. The second-order valence-electron chi connectivity index (χ2n) is 5.74. The molecule has 1 unspecified atom stereocenters. The molecular weight excluding hydrogens is 316 g/mol. The van der Waals surface area contributed by atoms with Gasteiger partial charge in [-0.05, 0) is 37.5 Å². The molecule has 7 heteroatoms. The third kappa shape index (κ3) is 6.60. The number of ether oxygens (including phenoxy) is 2. The predicted molar refractivity (Wildman–Crippen MR) is 91.9 cm³/mol. The fourth-order valence-electron chi connectivity index (χ4n) is 1.88. The van der Waals surface area contributed by atoms with Gasteiger partial charge < -0.3 is 20.1 Å². The van der Waals surface area contributed by atoms with E-state index >= 15 is 0 Å². The zero-order valence-corrected chi connectivity index (χ0v) is 14.9. The van der Waals surface area contributed by atoms with E-state index in [1.165, 1.54) is 13.2 Å². The van der Waals surface area contributed by atoms with Gasteiger partial charge in [-0.25, -0.2) is 4.99 Å². The first-order valence-corrected chi connectivity index (χ1v) is 8.03. The molecule has 24 heavy (non-hydrogen) atoms. The van der Waals surface area contributed by atoms with E-state index in [1.807, 2.05) is 6.92 Å². The average Bonchev–Trinajstić information content (AvgIpc) is 2.52. The molecule has 0 bridgehead atoms. The molecule has 1 rings (SSSR count). The highest BCUT2D eigenvalue weighted by Crippen LogP contribution is 2.29. The van der Waals surface area contributed by atoms with Gasteiger partial charge in [-0.15, -0.1) is 0 Å². The van der Waals surface area contributed by atoms with E-state index in [0.717, 1.165) is 12.1 Å². The minimum Gasteiger partial charge on any atom is -0.493 e. The third-order valence-electron chi connectivity index (χ3n) is 3.57. The number of alkyl halides is 2. The zero-order valence-electron chi connectivity index (χ0n) is 14.9. The first-order valence-electron chi connectivity index (χ1n) is 8.03. The van der Waals surface area contributed by atoms with Gasteiger partial charge in [0.15, 0.2) is 17.5 Å². The van der Waals surface area contributed by atoms with Crippen LogP contribution in [-0.2, 0) is 6.54 Å². The molecule has 1 aromatic carbocycles. The molecule has 0 saturated carbocycles. The summed E-state index contributed by atoms with van der Waals surface area (Å²) in [4.78, 5) is 4.49. The van der Waals surface area contributed by atoms with Crippen LogP contribution in [0.3, 0.4) is 0 Å². The predicted octanol–water partition coefficient (Wildman–Crippen LogP) is 3.40. The normalized spacial score (nSPS) is 13.1. The minimum absolute atomic E-state index is 0.00806. The number of aliphatic imine (C=N–C) groups is 1. The van der Waals surface area contributed by atoms with Gasteiger partial charge in [0.05, 0.1) is 13.7 Å². The summed E-state index contributed by atoms with van der Waals surface area (Å²) in [7, 11) is 1.41. The number of hydrogen-bond donors (Lipinski definition) is 2. The second-order valence-corrected chi connectivity index (χ2v) is 5.74. The Morgan fingerprint density at radius 3 is 2.46 bits per heavy atom. The van der Waals surface area contributed by atoms with E-state index in [2.05, 4.69) is 41.1 Å². The highest BCUT2D eigenvalue weighted by Gasteiger charge is 2.12. The van der Waals surface area contributed by atoms with Crippen LogP contribution in [0.5, 0.6) is 11.5 Å². The Bertz CT molecular complexity index is 537. The Hall–Kier alpha value is -2.05. The van der Waals surface area contributed by atoms with Crippen molar-refractivity contribution in [1.29, 1.82) is 0 Å². The summed E-state index contributed by atoms with van der Waals surface area (Å²) >= 11 is 0. The second kappa shape index (κ2) is 9.95. The fourth-order valence-corrected chi connectivity index (χ4v) is 1.88. The summed E-state index contributed by atoms with van der Waals surface area (Å²) in [6.07, 6.45) is 0. The van der Waals surface area contributed by atoms with E-state index < -0.39 is 6.61 Å². The van der Waals surface area contributed by atoms with Crippen molar-refractivity contribution < 1.29 is 18.3 Å². The van der Waals surface area contributed by atoms with Crippen molar-refractivity contribution in [3.63, 3.8) is 0 Å². The molecule has 0 aliphatic carbocycles. The summed E-state index contributed by atoms with van der Waals surface area (Å²) in [5.74, 6) is 1.42. The van der Waals surface area contributed by atoms with E-state index in [9.17, 15) is 8.78 Å². The summed E-state index contributed by atoms with van der Waals surface area (Å²) in [5, 5.41) is 6.49. The molecule has 0 aliphatic heterocycles. The van der Waals surface area contributed by atoms with Gasteiger partial charge in [0.2, 0.25) is 0 Å². The number of halogens is 2. The minimum atomic E-state index is -2.90. The van der Waals surface area contributed by atoms with Gasteiger partial charge in [-0.1, -0.05) is 19.9 Å². The molecule has 1 atom stereocenters. The van der Waals surface area contributed by atoms with Crippen LogP contribution >= 0.6 is 0 Å². The van der Waals surface area contributed by atoms with E-state index in [0.29, 0.717) is 18.4 Å². The van der Waals surface area contributed by atoms with Crippen LogP contribution in [0.1, 0.15) is 33.3 Å². The van der Waals surface area contributed by atoms with Gasteiger partial charge in [0.1, 0.15) is 0 Å². The number of methoxy groups -OCH3 is 1. The molecule has 0 fully saturated rings. The monoisotopic (exact) mass is 343 g/mol. The number of guanidine groups is 1. The lowest BCUT2D eigenvalue weighted by Gasteiger charge is -2.20. The van der Waals surface area contributed by atoms with Crippen LogP contribution in [0, 0.1) is 5.92 Å². The molecule has 1 aromatic rings. The molecule has 0 aromatic heterocycles. The van der Waals surface area contributed by atoms with Crippen molar-refractivity contribution in [1.82, 2.24) is 10.6 Å². The molecule has 0 saturated heterocycles. The summed E-state index contributed by atoms with van der Waals surface area (Å²) in [6.45, 7) is 6.49. The maximum atomic E-state index is 12.5. The van der Waals surface area contributed by atoms with Crippen LogP contribution in [0.15, 0.2) is 23.2 Å². The number of nitrogens with zero attached hydrogens (tertiary/aromatic N) is 1. The van der Waals surface area contributed by atoms with E-state index in [1.54, 1.807) is 12.1 Å². The van der Waals surface area contributed by atoms with Gasteiger partial charge in [-0.2, -0.15) is 8.78 Å². The quantitative estimate of drug-likeness (QED) is 0.561. The van der Waals surface area contributed by atoms with Crippen LogP contribution in [-0.4, -0.2) is 32.3 Å². The van der Waals surface area contributed by atoms with Gasteiger partial charge in [-0.3, -0.25) is 0 Å². The molecular formula is C17H27F2N3O2. The largest absolute Gasteiger partial charge is 0.493 e. The zero-order chi connectivity index (χ0) is 18.1. The lowest BCUT2D eigenvalue weighted by Crippen LogP contribution is -2.44. The van der Waals surface area contributed by atoms with Crippen molar-refractivity contribution in [2.45, 2.75) is 46.9 Å². The van der Waals surface area contributed by atoms with Crippen molar-refractivity contribution >= 4 is 5.96 Å². The lowest BCUT2D eigenvalue weighted by atomic mass is 10.1. The van der Waals surface area contributed by atoms with Crippen LogP contribution < -0.4 is 20.1 Å². The Morgan fingerprint density at radius 2 is 1.92 bits per heavy atom. The Morgan fingerprint density at radius 1 is 1.21 bits per heavy atom. The first kappa shape index (κ1) is 20.0. The van der Waals surface area contributed by atoms with Crippen molar-refractivity contribution in [3.8, 4) is 11.5 Å². The molecule has 0 spiro atoms. The summed E-state index contributed by atoms with van der Waals surface area (Å²) in [6, 6.07) is 5.15. The van der Waals surface area contributed by atoms with Crippen molar-refractivity contribution in [3.05, 3.63) is 23.8 Å². The van der Waals surface area contributed by atoms with Gasteiger partial charge >= 0.3 is 6.61 Å². The van der Waals surface area contributed by atoms with Gasteiger partial charge in [0.25, 0.3) is 0 Å². The number of benzene rings is 1. The Balaban J connectivity index is 2.88. The number of hydrogen-bond acceptors (Lipinski definition) is 3. The van der Waals surface area contributed by atoms with E-state index in [-0.39, 0.29) is 17.5 Å². The molecule has 0 amide bonds. The van der Waals surface area contributed by atoms with Crippen LogP contribution in [0.25, 0.3) is 0 Å². The Labute approximate surface area is 142 Å². The summed E-state index contributed by atoms with van der Waals surface area (Å²) in [5.41, 5.74) is 0.751. The molecule has 2 N–H and O–H groups in total. The van der Waals surface area contributed by atoms with E-state index in [4.69, 9.17) is 4.74 Å². The standard InChI is InChI=1S/C17H27F2N3O2/c1-6-20-17(22-12(4)11(2)3)21-10-13-7-8-14(23-5)15(9-13)24-16(18)19/h7-9,11-12,16H,6,10H2,1-5H3,(H2,20,21,22). The molecule has 0 heterocycles. The van der Waals surface area contributed by atoms with Crippen molar-refractivity contribution in [2.75, 3.05) is 13.7 Å². The third-order valence-corrected chi connectivity index (χ3v) is 3.57. The SMILES string of the molecule is CCNC(=NCc1ccc(OC)c(OC(F)F)c1)NC(C)C(C)C. The molecule has 5 nitrogen and oxygen atoms in total. The molecule has 0 aliphatic rings. The average molecular weight is 343 g/mol. The fraction of sp³-hybridized carbons (Fsp3) is 0.588. The number of nitrogens with one attached hydrogen (secondary N) is 2. The van der Waals surface area contributed by atoms with Crippen LogP contribution in [0.4, 0.5) is 8.78 Å². The maximum absolute atomic E-state index is 12.5. The van der Waals surface area contributed by atoms with Crippen LogP contribution in [0.2, 0.25) is 0 Å². The smallest absolute Gasteiger partial charge is 0.387 e. The van der Waals surface area contributed by atoms with Gasteiger partial charge in [0, 0.05) is 12.6 Å². The molecule has 136 valence electrons. The highest BCUT2D eigenvalue weighted by atomic mass is 19.3. The lowest BCUT2D eigenvalue weighted by molar-refractivity contribution is -0.0512. The number of rotatable bonds is 8. The summed E-state index contributed by atoms with van der Waals surface area (Å²) < 4.78 is 34.5.